The number of benzene rings is 1. The van der Waals surface area contributed by atoms with Gasteiger partial charge in [0.2, 0.25) is 17.7 Å². The molecule has 1 aromatic carbocycles. The van der Waals surface area contributed by atoms with Gasteiger partial charge in [-0.25, -0.2) is 4.79 Å². The largest absolute Gasteiger partial charge is 0.479 e. The van der Waals surface area contributed by atoms with E-state index in [4.69, 9.17) is 4.74 Å². The van der Waals surface area contributed by atoms with Gasteiger partial charge in [-0.15, -0.1) is 0 Å². The standard InChI is InChI=1S/C19H20N2O6/c22-13(20-16(19(25)26)10-4-2-1-3-5-10)8-9-21-17(23)14-11-6-7-12(27-11)15(14)18(21)24/h1-5,11-12,14-16H,6-9H2,(H,20,22)(H,25,26)/t11?,12?,14?,15?,16-/m1/s1. The molecule has 0 spiro atoms. The fraction of sp³-hybridized carbons (Fsp3) is 0.474. The third-order valence-corrected chi connectivity index (χ3v) is 5.62. The zero-order chi connectivity index (χ0) is 19.1. The van der Waals surface area contributed by atoms with E-state index in [1.54, 1.807) is 30.3 Å². The summed E-state index contributed by atoms with van der Waals surface area (Å²) in [5, 5.41) is 11.8. The molecule has 142 valence electrons. The van der Waals surface area contributed by atoms with Crippen LogP contribution in [0, 0.1) is 11.8 Å². The fourth-order valence-electron chi connectivity index (χ4n) is 4.37. The van der Waals surface area contributed by atoms with Gasteiger partial charge >= 0.3 is 5.97 Å². The molecule has 3 heterocycles. The summed E-state index contributed by atoms with van der Waals surface area (Å²) in [6.45, 7) is -0.0446. The Morgan fingerprint density at radius 3 is 2.26 bits per heavy atom. The van der Waals surface area contributed by atoms with Gasteiger partial charge in [-0.05, 0) is 18.4 Å². The van der Waals surface area contributed by atoms with Crippen molar-refractivity contribution in [3.63, 3.8) is 0 Å². The van der Waals surface area contributed by atoms with Gasteiger partial charge in [0.1, 0.15) is 0 Å². The maximum absolute atomic E-state index is 12.6. The molecule has 2 N–H and O–H groups in total. The Morgan fingerprint density at radius 2 is 1.70 bits per heavy atom. The Morgan fingerprint density at radius 1 is 1.11 bits per heavy atom. The number of aliphatic carboxylic acids is 1. The quantitative estimate of drug-likeness (QED) is 0.703. The Labute approximate surface area is 155 Å². The second-order valence-corrected chi connectivity index (χ2v) is 7.17. The van der Waals surface area contributed by atoms with E-state index in [2.05, 4.69) is 5.32 Å². The van der Waals surface area contributed by atoms with Crippen molar-refractivity contribution in [2.24, 2.45) is 11.8 Å². The number of imide groups is 1. The van der Waals surface area contributed by atoms with Crippen LogP contribution in [-0.4, -0.2) is 52.4 Å². The van der Waals surface area contributed by atoms with E-state index < -0.39 is 29.8 Å². The Hall–Kier alpha value is -2.74. The molecule has 0 radical (unpaired) electrons. The Balaban J connectivity index is 1.37. The summed E-state index contributed by atoms with van der Waals surface area (Å²) in [4.78, 5) is 49.9. The van der Waals surface area contributed by atoms with Gasteiger partial charge < -0.3 is 15.2 Å². The number of amides is 3. The molecule has 0 aromatic heterocycles. The summed E-state index contributed by atoms with van der Waals surface area (Å²) >= 11 is 0. The highest BCUT2D eigenvalue weighted by atomic mass is 16.5. The first-order chi connectivity index (χ1) is 13.0. The first-order valence-corrected chi connectivity index (χ1v) is 9.05. The molecule has 5 atom stereocenters. The van der Waals surface area contributed by atoms with Gasteiger partial charge in [0, 0.05) is 13.0 Å². The number of rotatable bonds is 6. The van der Waals surface area contributed by atoms with Crippen molar-refractivity contribution in [3.8, 4) is 0 Å². The van der Waals surface area contributed by atoms with E-state index >= 15 is 0 Å². The number of fused-ring (bicyclic) bond motifs is 5. The topological polar surface area (TPSA) is 113 Å². The predicted octanol–water partition coefficient (Wildman–Crippen LogP) is 0.481. The van der Waals surface area contributed by atoms with Crippen LogP contribution in [0.4, 0.5) is 0 Å². The van der Waals surface area contributed by atoms with Crippen molar-refractivity contribution in [2.45, 2.75) is 37.5 Å². The van der Waals surface area contributed by atoms with Crippen LogP contribution in [0.15, 0.2) is 30.3 Å². The number of carbonyl (C=O) groups is 4. The van der Waals surface area contributed by atoms with Gasteiger partial charge in [0.15, 0.2) is 6.04 Å². The van der Waals surface area contributed by atoms with Crippen LogP contribution in [0.5, 0.6) is 0 Å². The third-order valence-electron chi connectivity index (χ3n) is 5.62. The molecule has 4 rings (SSSR count). The summed E-state index contributed by atoms with van der Waals surface area (Å²) < 4.78 is 5.67. The van der Waals surface area contributed by atoms with Crippen LogP contribution in [-0.2, 0) is 23.9 Å². The minimum atomic E-state index is -1.17. The van der Waals surface area contributed by atoms with Crippen molar-refractivity contribution >= 4 is 23.7 Å². The van der Waals surface area contributed by atoms with E-state index in [1.165, 1.54) is 0 Å². The van der Waals surface area contributed by atoms with Crippen LogP contribution in [0.25, 0.3) is 0 Å². The molecule has 3 aliphatic heterocycles. The molecule has 0 saturated carbocycles. The number of likely N-dealkylation sites (tertiary alicyclic amines) is 1. The minimum Gasteiger partial charge on any atom is -0.479 e. The van der Waals surface area contributed by atoms with Crippen molar-refractivity contribution < 1.29 is 29.0 Å². The number of carboxylic acid groups (broad SMARTS) is 1. The number of ether oxygens (including phenoxy) is 1. The highest BCUT2D eigenvalue weighted by Gasteiger charge is 2.62. The van der Waals surface area contributed by atoms with E-state index in [1.807, 2.05) is 0 Å². The molecule has 0 aliphatic carbocycles. The second kappa shape index (κ2) is 6.77. The molecular weight excluding hydrogens is 352 g/mol. The van der Waals surface area contributed by atoms with Crippen molar-refractivity contribution in [1.82, 2.24) is 10.2 Å². The molecule has 2 bridgehead atoms. The Kier molecular flexibility index (Phi) is 4.43. The Bertz CT molecular complexity index is 767. The van der Waals surface area contributed by atoms with E-state index in [0.29, 0.717) is 5.56 Å². The van der Waals surface area contributed by atoms with Crippen LogP contribution in [0.3, 0.4) is 0 Å². The number of nitrogens with one attached hydrogen (secondary N) is 1. The number of carbonyl (C=O) groups excluding carboxylic acids is 3. The molecule has 8 nitrogen and oxygen atoms in total. The number of nitrogens with zero attached hydrogens (tertiary/aromatic N) is 1. The zero-order valence-electron chi connectivity index (χ0n) is 14.5. The molecule has 3 aliphatic rings. The van der Waals surface area contributed by atoms with Gasteiger partial charge in [-0.1, -0.05) is 30.3 Å². The summed E-state index contributed by atoms with van der Waals surface area (Å²) in [7, 11) is 0. The number of hydrogen-bond acceptors (Lipinski definition) is 5. The van der Waals surface area contributed by atoms with Crippen molar-refractivity contribution in [3.05, 3.63) is 35.9 Å². The van der Waals surface area contributed by atoms with Crippen LogP contribution in [0.1, 0.15) is 30.9 Å². The van der Waals surface area contributed by atoms with Crippen LogP contribution in [0.2, 0.25) is 0 Å². The number of hydrogen-bond donors (Lipinski definition) is 2. The molecular formula is C19H20N2O6. The van der Waals surface area contributed by atoms with E-state index in [0.717, 1.165) is 17.7 Å². The average Bonchev–Trinajstić information content (AvgIpc) is 3.33. The first-order valence-electron chi connectivity index (χ1n) is 9.05. The second-order valence-electron chi connectivity index (χ2n) is 7.17. The summed E-state index contributed by atoms with van der Waals surface area (Å²) in [5.74, 6) is -3.09. The third kappa shape index (κ3) is 2.99. The van der Waals surface area contributed by atoms with Crippen LogP contribution >= 0.6 is 0 Å². The fourth-order valence-corrected chi connectivity index (χ4v) is 4.37. The molecule has 3 amide bonds. The first kappa shape index (κ1) is 17.7. The summed E-state index contributed by atoms with van der Waals surface area (Å²) in [6, 6.07) is 7.19. The zero-order valence-corrected chi connectivity index (χ0v) is 14.5. The molecule has 3 fully saturated rings. The highest BCUT2D eigenvalue weighted by molar-refractivity contribution is 6.06. The molecule has 27 heavy (non-hydrogen) atoms. The maximum Gasteiger partial charge on any atom is 0.330 e. The van der Waals surface area contributed by atoms with E-state index in [9.17, 15) is 24.3 Å². The van der Waals surface area contributed by atoms with Crippen molar-refractivity contribution in [1.29, 1.82) is 0 Å². The normalized spacial score (nSPS) is 29.7. The monoisotopic (exact) mass is 372 g/mol. The van der Waals surface area contributed by atoms with Gasteiger partial charge in [-0.3, -0.25) is 19.3 Å². The molecule has 4 unspecified atom stereocenters. The lowest BCUT2D eigenvalue weighted by atomic mass is 9.81. The smallest absolute Gasteiger partial charge is 0.330 e. The van der Waals surface area contributed by atoms with Gasteiger partial charge in [-0.2, -0.15) is 0 Å². The predicted molar refractivity (Wildman–Crippen MR) is 91.2 cm³/mol. The lowest BCUT2D eigenvalue weighted by Crippen LogP contribution is -2.39. The molecule has 3 saturated heterocycles. The van der Waals surface area contributed by atoms with E-state index in [-0.39, 0.29) is 37.0 Å². The summed E-state index contributed by atoms with van der Waals surface area (Å²) in [6.07, 6.45) is 1.06. The molecule has 8 heteroatoms. The van der Waals surface area contributed by atoms with Crippen LogP contribution < -0.4 is 5.32 Å². The molecule has 1 aromatic rings. The van der Waals surface area contributed by atoms with Gasteiger partial charge in [0.25, 0.3) is 0 Å². The lowest BCUT2D eigenvalue weighted by Gasteiger charge is -2.19. The highest BCUT2D eigenvalue weighted by Crippen LogP contribution is 2.48. The minimum absolute atomic E-state index is 0.0446. The maximum atomic E-state index is 12.6. The summed E-state index contributed by atoms with van der Waals surface area (Å²) in [5.41, 5.74) is 0.454. The lowest BCUT2D eigenvalue weighted by molar-refractivity contribution is -0.144. The van der Waals surface area contributed by atoms with Gasteiger partial charge in [0.05, 0.1) is 24.0 Å². The SMILES string of the molecule is O=C(CCN1C(=O)C2C3CCC(O3)C2C1=O)N[C@@H](C(=O)O)c1ccccc1. The van der Waals surface area contributed by atoms with Crippen molar-refractivity contribution in [2.75, 3.05) is 6.54 Å². The number of carboxylic acids is 1. The average molecular weight is 372 g/mol.